The first-order valence-electron chi connectivity index (χ1n) is 13.0. The number of hydrogen-bond donors (Lipinski definition) is 2. The topological polar surface area (TPSA) is 97.0 Å². The summed E-state index contributed by atoms with van der Waals surface area (Å²) in [6.07, 6.45) is 1.86. The van der Waals surface area contributed by atoms with Crippen LogP contribution in [0.25, 0.3) is 0 Å². The largest absolute Gasteiger partial charge is 0.497 e. The molecule has 1 atom stereocenters. The number of nitrogens with zero attached hydrogens (tertiary/aromatic N) is 1. The Hall–Kier alpha value is -3.39. The van der Waals surface area contributed by atoms with Crippen molar-refractivity contribution in [2.45, 2.75) is 46.1 Å². The van der Waals surface area contributed by atoms with E-state index >= 15 is 0 Å². The molecule has 8 heteroatoms. The van der Waals surface area contributed by atoms with Crippen molar-refractivity contribution in [3.63, 3.8) is 0 Å². The summed E-state index contributed by atoms with van der Waals surface area (Å²) in [6.45, 7) is 8.23. The molecule has 8 nitrogen and oxygen atoms in total. The Balaban J connectivity index is 1.55. The third-order valence-electron chi connectivity index (χ3n) is 6.63. The van der Waals surface area contributed by atoms with Crippen molar-refractivity contribution in [3.8, 4) is 11.5 Å². The van der Waals surface area contributed by atoms with Gasteiger partial charge in [0.1, 0.15) is 11.5 Å². The van der Waals surface area contributed by atoms with Crippen LogP contribution in [0, 0.1) is 5.92 Å². The standard InChI is InChI=1S/C29H39N3O5/c1-5-37-27-15-25(36-4)12-11-23(27)16-30-18-28(34)32-13-7-10-24(19-32)21-8-6-9-22(14-21)29(35)31-17-26(33)20(2)3/h6,8-9,11-12,14-15,20,24,30H,5,7,10,13,16-19H2,1-4H3,(H,31,35). The van der Waals surface area contributed by atoms with Gasteiger partial charge in [-0.15, -0.1) is 0 Å². The average molecular weight is 510 g/mol. The van der Waals surface area contributed by atoms with Gasteiger partial charge in [0, 0.05) is 48.7 Å². The summed E-state index contributed by atoms with van der Waals surface area (Å²) >= 11 is 0. The molecule has 2 aromatic rings. The second-order valence-electron chi connectivity index (χ2n) is 9.62. The van der Waals surface area contributed by atoms with Crippen LogP contribution < -0.4 is 20.1 Å². The molecule has 1 heterocycles. The predicted octanol–water partition coefficient (Wildman–Crippen LogP) is 3.54. The van der Waals surface area contributed by atoms with E-state index in [0.717, 1.165) is 42.0 Å². The molecule has 2 N–H and O–H groups in total. The van der Waals surface area contributed by atoms with Crippen LogP contribution in [-0.2, 0) is 16.1 Å². The smallest absolute Gasteiger partial charge is 0.251 e. The number of likely N-dealkylation sites (tertiary alicyclic amines) is 1. The van der Waals surface area contributed by atoms with Crippen LogP contribution in [-0.4, -0.2) is 62.4 Å². The molecule has 200 valence electrons. The number of hydrogen-bond acceptors (Lipinski definition) is 6. The maximum absolute atomic E-state index is 13.0. The van der Waals surface area contributed by atoms with Gasteiger partial charge in [-0.3, -0.25) is 14.4 Å². The highest BCUT2D eigenvalue weighted by molar-refractivity contribution is 5.97. The summed E-state index contributed by atoms with van der Waals surface area (Å²) in [5.41, 5.74) is 2.54. The number of rotatable bonds is 12. The number of carbonyl (C=O) groups is 3. The Morgan fingerprint density at radius 1 is 1.11 bits per heavy atom. The first-order chi connectivity index (χ1) is 17.8. The molecule has 0 saturated carbocycles. The molecule has 0 spiro atoms. The molecule has 1 aliphatic heterocycles. The quantitative estimate of drug-likeness (QED) is 0.454. The lowest BCUT2D eigenvalue weighted by Gasteiger charge is -2.33. The second kappa shape index (κ2) is 13.8. The lowest BCUT2D eigenvalue weighted by molar-refractivity contribution is -0.131. The first-order valence-corrected chi connectivity index (χ1v) is 13.0. The Labute approximate surface area is 219 Å². The van der Waals surface area contributed by atoms with Crippen LogP contribution in [0.4, 0.5) is 0 Å². The molecule has 1 saturated heterocycles. The maximum Gasteiger partial charge on any atom is 0.251 e. The van der Waals surface area contributed by atoms with E-state index in [-0.39, 0.29) is 42.5 Å². The van der Waals surface area contributed by atoms with Gasteiger partial charge >= 0.3 is 0 Å². The lowest BCUT2D eigenvalue weighted by Crippen LogP contribution is -2.43. The highest BCUT2D eigenvalue weighted by Crippen LogP contribution is 2.28. The molecule has 0 aromatic heterocycles. The van der Waals surface area contributed by atoms with Crippen molar-refractivity contribution in [2.24, 2.45) is 5.92 Å². The van der Waals surface area contributed by atoms with Gasteiger partial charge < -0.3 is 25.0 Å². The fourth-order valence-electron chi connectivity index (χ4n) is 4.40. The van der Waals surface area contributed by atoms with Crippen molar-refractivity contribution in [1.82, 2.24) is 15.5 Å². The van der Waals surface area contributed by atoms with E-state index in [9.17, 15) is 14.4 Å². The van der Waals surface area contributed by atoms with Gasteiger partial charge in [-0.1, -0.05) is 32.0 Å². The zero-order valence-corrected chi connectivity index (χ0v) is 22.3. The Morgan fingerprint density at radius 3 is 2.65 bits per heavy atom. The summed E-state index contributed by atoms with van der Waals surface area (Å²) in [4.78, 5) is 39.3. The summed E-state index contributed by atoms with van der Waals surface area (Å²) < 4.78 is 11.0. The molecule has 37 heavy (non-hydrogen) atoms. The molecule has 0 aliphatic carbocycles. The van der Waals surface area contributed by atoms with E-state index < -0.39 is 0 Å². The van der Waals surface area contributed by atoms with Crippen molar-refractivity contribution in [3.05, 3.63) is 59.2 Å². The Morgan fingerprint density at radius 2 is 1.92 bits per heavy atom. The first kappa shape index (κ1) is 28.2. The zero-order chi connectivity index (χ0) is 26.8. The number of amides is 2. The molecule has 0 radical (unpaired) electrons. The molecule has 3 rings (SSSR count). The maximum atomic E-state index is 13.0. The molecular formula is C29H39N3O5. The number of benzene rings is 2. The van der Waals surface area contributed by atoms with Crippen molar-refractivity contribution < 1.29 is 23.9 Å². The van der Waals surface area contributed by atoms with Gasteiger partial charge in [0.15, 0.2) is 5.78 Å². The second-order valence-corrected chi connectivity index (χ2v) is 9.62. The number of nitrogens with one attached hydrogen (secondary N) is 2. The number of Topliss-reactive ketones (excluding diaryl/α,β-unsaturated/α-hetero) is 1. The number of ether oxygens (including phenoxy) is 2. The monoisotopic (exact) mass is 509 g/mol. The minimum Gasteiger partial charge on any atom is -0.497 e. The predicted molar refractivity (Wildman–Crippen MR) is 143 cm³/mol. The van der Waals surface area contributed by atoms with Gasteiger partial charge in [0.05, 0.1) is 26.8 Å². The number of piperidine rings is 1. The molecule has 1 fully saturated rings. The number of carbonyl (C=O) groups excluding carboxylic acids is 3. The minimum atomic E-state index is -0.256. The molecule has 2 aromatic carbocycles. The number of methoxy groups -OCH3 is 1. The van der Waals surface area contributed by atoms with Gasteiger partial charge in [0.2, 0.25) is 5.91 Å². The van der Waals surface area contributed by atoms with E-state index in [1.165, 1.54) is 0 Å². The van der Waals surface area contributed by atoms with Crippen molar-refractivity contribution in [1.29, 1.82) is 0 Å². The normalized spacial score (nSPS) is 15.4. The summed E-state index contributed by atoms with van der Waals surface area (Å²) in [5, 5.41) is 5.97. The molecule has 1 unspecified atom stereocenters. The summed E-state index contributed by atoms with van der Waals surface area (Å²) in [5.74, 6) is 1.32. The Bertz CT molecular complexity index is 1080. The summed E-state index contributed by atoms with van der Waals surface area (Å²) in [7, 11) is 1.62. The van der Waals surface area contributed by atoms with Crippen LogP contribution >= 0.6 is 0 Å². The highest BCUT2D eigenvalue weighted by atomic mass is 16.5. The SMILES string of the molecule is CCOc1cc(OC)ccc1CNCC(=O)N1CCCC(c2cccc(C(=O)NCC(=O)C(C)C)c2)C1. The van der Waals surface area contributed by atoms with Gasteiger partial charge in [-0.25, -0.2) is 0 Å². The van der Waals surface area contributed by atoms with E-state index in [0.29, 0.717) is 25.3 Å². The Kier molecular flexibility index (Phi) is 10.5. The van der Waals surface area contributed by atoms with Crippen LogP contribution in [0.5, 0.6) is 11.5 Å². The molecular weight excluding hydrogens is 470 g/mol. The molecule has 2 amide bonds. The van der Waals surface area contributed by atoms with Gasteiger partial charge in [-0.05, 0) is 43.5 Å². The van der Waals surface area contributed by atoms with E-state index in [4.69, 9.17) is 9.47 Å². The van der Waals surface area contributed by atoms with Crippen LogP contribution in [0.1, 0.15) is 61.0 Å². The zero-order valence-electron chi connectivity index (χ0n) is 22.3. The fourth-order valence-corrected chi connectivity index (χ4v) is 4.40. The van der Waals surface area contributed by atoms with Crippen LogP contribution in [0.15, 0.2) is 42.5 Å². The highest BCUT2D eigenvalue weighted by Gasteiger charge is 2.25. The van der Waals surface area contributed by atoms with Gasteiger partial charge in [-0.2, -0.15) is 0 Å². The van der Waals surface area contributed by atoms with Crippen molar-refractivity contribution in [2.75, 3.05) is 39.9 Å². The van der Waals surface area contributed by atoms with Crippen LogP contribution in [0.2, 0.25) is 0 Å². The van der Waals surface area contributed by atoms with Crippen molar-refractivity contribution >= 4 is 17.6 Å². The van der Waals surface area contributed by atoms with E-state index in [2.05, 4.69) is 10.6 Å². The molecule has 1 aliphatic rings. The van der Waals surface area contributed by atoms with Crippen LogP contribution in [0.3, 0.4) is 0 Å². The minimum absolute atomic E-state index is 0.000604. The van der Waals surface area contributed by atoms with Gasteiger partial charge in [0.25, 0.3) is 5.91 Å². The fraction of sp³-hybridized carbons (Fsp3) is 0.483. The molecule has 0 bridgehead atoms. The summed E-state index contributed by atoms with van der Waals surface area (Å²) in [6, 6.07) is 13.2. The average Bonchev–Trinajstić information content (AvgIpc) is 2.92. The van der Waals surface area contributed by atoms with E-state index in [1.54, 1.807) is 13.2 Å². The number of ketones is 1. The lowest BCUT2D eigenvalue weighted by atomic mass is 9.89. The third kappa shape index (κ3) is 8.05. The third-order valence-corrected chi connectivity index (χ3v) is 6.63. The van der Waals surface area contributed by atoms with E-state index in [1.807, 2.05) is 62.1 Å².